The third kappa shape index (κ3) is 3.43. The van der Waals surface area contributed by atoms with Crippen LogP contribution >= 0.6 is 0 Å². The smallest absolute Gasteiger partial charge is 0.131 e. The second-order valence-corrected chi connectivity index (χ2v) is 4.31. The van der Waals surface area contributed by atoms with Crippen LogP contribution < -0.4 is 10.1 Å². The van der Waals surface area contributed by atoms with E-state index >= 15 is 0 Å². The summed E-state index contributed by atoms with van der Waals surface area (Å²) in [5, 5.41) is 3.35. The Bertz CT molecular complexity index is 354. The van der Waals surface area contributed by atoms with Gasteiger partial charge in [-0.1, -0.05) is 33.3 Å². The van der Waals surface area contributed by atoms with Crippen LogP contribution in [0.1, 0.15) is 38.8 Å². The first kappa shape index (κ1) is 14.0. The van der Waals surface area contributed by atoms with Crippen LogP contribution in [0.25, 0.3) is 0 Å². The Morgan fingerprint density at radius 1 is 1.35 bits per heavy atom. The number of ether oxygens (including phenoxy) is 1. The molecule has 17 heavy (non-hydrogen) atoms. The standard InChI is InChI=1S/C14H22FNO/c1-5-10(3)14(16-6-2)12-8-7-11(17-4)9-13(12)15/h7-10,14,16H,5-6H2,1-4H3. The monoisotopic (exact) mass is 239 g/mol. The molecule has 1 N–H and O–H groups in total. The molecule has 0 radical (unpaired) electrons. The fraction of sp³-hybridized carbons (Fsp3) is 0.571. The van der Waals surface area contributed by atoms with Gasteiger partial charge in [-0.05, 0) is 18.5 Å². The maximum absolute atomic E-state index is 14.0. The molecule has 2 atom stereocenters. The van der Waals surface area contributed by atoms with E-state index < -0.39 is 0 Å². The van der Waals surface area contributed by atoms with Crippen LogP contribution in [0.5, 0.6) is 5.75 Å². The van der Waals surface area contributed by atoms with Gasteiger partial charge in [0.25, 0.3) is 0 Å². The van der Waals surface area contributed by atoms with Gasteiger partial charge in [0.15, 0.2) is 0 Å². The second-order valence-electron chi connectivity index (χ2n) is 4.31. The summed E-state index contributed by atoms with van der Waals surface area (Å²) in [5.74, 6) is 0.763. The number of hydrogen-bond donors (Lipinski definition) is 1. The maximum Gasteiger partial charge on any atom is 0.131 e. The number of rotatable bonds is 6. The molecule has 0 aliphatic carbocycles. The van der Waals surface area contributed by atoms with Crippen molar-refractivity contribution in [2.45, 2.75) is 33.2 Å². The van der Waals surface area contributed by atoms with Gasteiger partial charge in [-0.3, -0.25) is 0 Å². The Morgan fingerprint density at radius 2 is 2.06 bits per heavy atom. The van der Waals surface area contributed by atoms with Crippen molar-refractivity contribution in [2.24, 2.45) is 5.92 Å². The molecule has 2 unspecified atom stereocenters. The zero-order valence-electron chi connectivity index (χ0n) is 11.1. The van der Waals surface area contributed by atoms with Crippen molar-refractivity contribution < 1.29 is 9.13 Å². The normalized spacial score (nSPS) is 14.4. The molecule has 96 valence electrons. The first-order valence-corrected chi connectivity index (χ1v) is 6.20. The highest BCUT2D eigenvalue weighted by Crippen LogP contribution is 2.28. The number of hydrogen-bond acceptors (Lipinski definition) is 2. The van der Waals surface area contributed by atoms with Crippen LogP contribution in [-0.2, 0) is 0 Å². The summed E-state index contributed by atoms with van der Waals surface area (Å²) in [6.45, 7) is 7.13. The maximum atomic E-state index is 14.0. The minimum Gasteiger partial charge on any atom is -0.497 e. The second kappa shape index (κ2) is 6.60. The lowest BCUT2D eigenvalue weighted by Crippen LogP contribution is -2.27. The zero-order valence-corrected chi connectivity index (χ0v) is 11.1. The highest BCUT2D eigenvalue weighted by molar-refractivity contribution is 5.31. The van der Waals surface area contributed by atoms with Gasteiger partial charge < -0.3 is 10.1 Å². The van der Waals surface area contributed by atoms with Crippen LogP contribution in [0, 0.1) is 11.7 Å². The van der Waals surface area contributed by atoms with Crippen molar-refractivity contribution in [3.63, 3.8) is 0 Å². The average molecular weight is 239 g/mol. The van der Waals surface area contributed by atoms with Crippen LogP contribution in [0.4, 0.5) is 4.39 Å². The molecule has 0 saturated heterocycles. The van der Waals surface area contributed by atoms with Crippen molar-refractivity contribution in [2.75, 3.05) is 13.7 Å². The first-order chi connectivity index (χ1) is 8.13. The van der Waals surface area contributed by atoms with Gasteiger partial charge in [-0.25, -0.2) is 4.39 Å². The predicted octanol–water partition coefficient (Wildman–Crippen LogP) is 3.53. The minimum atomic E-state index is -0.199. The molecule has 0 aliphatic heterocycles. The molecular formula is C14H22FNO. The lowest BCUT2D eigenvalue weighted by molar-refractivity contribution is 0.368. The van der Waals surface area contributed by atoms with E-state index in [0.29, 0.717) is 11.7 Å². The number of halogens is 1. The Morgan fingerprint density at radius 3 is 2.53 bits per heavy atom. The summed E-state index contributed by atoms with van der Waals surface area (Å²) in [6, 6.07) is 5.14. The predicted molar refractivity (Wildman–Crippen MR) is 68.8 cm³/mol. The molecule has 2 nitrogen and oxygen atoms in total. The van der Waals surface area contributed by atoms with Crippen molar-refractivity contribution in [3.05, 3.63) is 29.6 Å². The minimum absolute atomic E-state index is 0.0657. The number of benzene rings is 1. The van der Waals surface area contributed by atoms with Crippen LogP contribution in [0.2, 0.25) is 0 Å². The van der Waals surface area contributed by atoms with Gasteiger partial charge in [0.1, 0.15) is 11.6 Å². The van der Waals surface area contributed by atoms with Crippen molar-refractivity contribution in [3.8, 4) is 5.75 Å². The summed E-state index contributed by atoms with van der Waals surface area (Å²) >= 11 is 0. The fourth-order valence-electron chi connectivity index (χ4n) is 1.96. The highest BCUT2D eigenvalue weighted by Gasteiger charge is 2.20. The van der Waals surface area contributed by atoms with Gasteiger partial charge in [0, 0.05) is 17.7 Å². The Labute approximate surface area is 103 Å². The van der Waals surface area contributed by atoms with E-state index in [-0.39, 0.29) is 11.9 Å². The lowest BCUT2D eigenvalue weighted by Gasteiger charge is -2.25. The van der Waals surface area contributed by atoms with E-state index in [4.69, 9.17) is 4.74 Å². The molecule has 1 aromatic carbocycles. The highest BCUT2D eigenvalue weighted by atomic mass is 19.1. The van der Waals surface area contributed by atoms with Crippen molar-refractivity contribution in [1.82, 2.24) is 5.32 Å². The van der Waals surface area contributed by atoms with Crippen LogP contribution in [0.3, 0.4) is 0 Å². The third-order valence-corrected chi connectivity index (χ3v) is 3.18. The Balaban J connectivity index is 3.01. The average Bonchev–Trinajstić information content (AvgIpc) is 2.35. The van der Waals surface area contributed by atoms with Gasteiger partial charge in [0.2, 0.25) is 0 Å². The molecule has 1 aromatic rings. The molecule has 0 saturated carbocycles. The Hall–Kier alpha value is -1.09. The molecule has 0 spiro atoms. The van der Waals surface area contributed by atoms with E-state index in [1.807, 2.05) is 19.1 Å². The molecule has 0 fully saturated rings. The van der Waals surface area contributed by atoms with Crippen LogP contribution in [-0.4, -0.2) is 13.7 Å². The van der Waals surface area contributed by atoms with Crippen molar-refractivity contribution in [1.29, 1.82) is 0 Å². The topological polar surface area (TPSA) is 21.3 Å². The summed E-state index contributed by atoms with van der Waals surface area (Å²) in [4.78, 5) is 0. The number of methoxy groups -OCH3 is 1. The molecular weight excluding hydrogens is 217 g/mol. The van der Waals surface area contributed by atoms with E-state index in [0.717, 1.165) is 18.5 Å². The van der Waals surface area contributed by atoms with Crippen LogP contribution in [0.15, 0.2) is 18.2 Å². The summed E-state index contributed by atoms with van der Waals surface area (Å²) in [5.41, 5.74) is 0.724. The van der Waals surface area contributed by atoms with E-state index in [1.54, 1.807) is 7.11 Å². The Kier molecular flexibility index (Phi) is 5.42. The molecule has 1 rings (SSSR count). The fourth-order valence-corrected chi connectivity index (χ4v) is 1.96. The van der Waals surface area contributed by atoms with Gasteiger partial charge in [0.05, 0.1) is 7.11 Å². The molecule has 0 aliphatic rings. The van der Waals surface area contributed by atoms with Gasteiger partial charge >= 0.3 is 0 Å². The molecule has 3 heteroatoms. The SMILES string of the molecule is CCNC(c1ccc(OC)cc1F)C(C)CC. The van der Waals surface area contributed by atoms with Crippen molar-refractivity contribution >= 4 is 0 Å². The number of nitrogens with one attached hydrogen (secondary N) is 1. The molecule has 0 bridgehead atoms. The largest absolute Gasteiger partial charge is 0.497 e. The third-order valence-electron chi connectivity index (χ3n) is 3.18. The summed E-state index contributed by atoms with van der Waals surface area (Å²) in [6.07, 6.45) is 1.02. The molecule has 0 amide bonds. The van der Waals surface area contributed by atoms with Gasteiger partial charge in [-0.2, -0.15) is 0 Å². The summed E-state index contributed by atoms with van der Waals surface area (Å²) in [7, 11) is 1.55. The summed E-state index contributed by atoms with van der Waals surface area (Å²) < 4.78 is 19.0. The van der Waals surface area contributed by atoms with E-state index in [9.17, 15) is 4.39 Å². The van der Waals surface area contributed by atoms with E-state index in [1.165, 1.54) is 6.07 Å². The molecule has 0 aromatic heterocycles. The van der Waals surface area contributed by atoms with Gasteiger partial charge in [-0.15, -0.1) is 0 Å². The quantitative estimate of drug-likeness (QED) is 0.820. The first-order valence-electron chi connectivity index (χ1n) is 6.20. The lowest BCUT2D eigenvalue weighted by atomic mass is 9.92. The van der Waals surface area contributed by atoms with E-state index in [2.05, 4.69) is 19.2 Å². The molecule has 0 heterocycles. The zero-order chi connectivity index (χ0) is 12.8.